The van der Waals surface area contributed by atoms with Gasteiger partial charge in [0.25, 0.3) is 0 Å². The summed E-state index contributed by atoms with van der Waals surface area (Å²) in [5.41, 5.74) is -1.63. The fourth-order valence-corrected chi connectivity index (χ4v) is 1.41. The van der Waals surface area contributed by atoms with E-state index < -0.39 is 29.7 Å². The number of aliphatic hydroxyl groups is 1. The summed E-state index contributed by atoms with van der Waals surface area (Å²) in [6, 6.07) is 0. The van der Waals surface area contributed by atoms with E-state index in [1.807, 2.05) is 0 Å². The van der Waals surface area contributed by atoms with Gasteiger partial charge in [0.1, 0.15) is 0 Å². The van der Waals surface area contributed by atoms with Gasteiger partial charge < -0.3 is 19.3 Å². The van der Waals surface area contributed by atoms with Crippen molar-refractivity contribution in [1.82, 2.24) is 0 Å². The molecule has 0 aromatic heterocycles. The molecular formula is C9H11N2O6+. The van der Waals surface area contributed by atoms with Crippen LogP contribution in [0.4, 0.5) is 0 Å². The molecule has 1 rings (SSSR count). The van der Waals surface area contributed by atoms with Crippen LogP contribution in [-0.4, -0.2) is 36.5 Å². The Hall–Kier alpha value is -2.14. The Kier molecular flexibility index (Phi) is 4.01. The maximum atomic E-state index is 11.5. The third-order valence-corrected chi connectivity index (χ3v) is 2.23. The average molecular weight is 243 g/mol. The van der Waals surface area contributed by atoms with Crippen molar-refractivity contribution in [2.45, 2.75) is 18.4 Å². The quantitative estimate of drug-likeness (QED) is 0.433. The molecule has 0 aliphatic carbocycles. The zero-order chi connectivity index (χ0) is 12.9. The maximum Gasteiger partial charge on any atom is 0.387 e. The van der Waals surface area contributed by atoms with E-state index in [2.05, 4.69) is 14.4 Å². The topological polar surface area (TPSA) is 110 Å². The molecule has 1 saturated heterocycles. The average Bonchev–Trinajstić information content (AvgIpc) is 2.60. The molecule has 0 spiro atoms. The lowest BCUT2D eigenvalue weighted by Crippen LogP contribution is -2.39. The molecule has 0 aromatic rings. The van der Waals surface area contributed by atoms with Crippen LogP contribution >= 0.6 is 0 Å². The smallest absolute Gasteiger partial charge is 0.387 e. The molecule has 1 N–H and O–H groups in total. The van der Waals surface area contributed by atoms with Crippen molar-refractivity contribution >= 4 is 11.9 Å². The molecule has 1 aliphatic heterocycles. The van der Waals surface area contributed by atoms with Crippen LogP contribution in [0, 0.1) is 5.39 Å². The van der Waals surface area contributed by atoms with E-state index in [1.165, 1.54) is 0 Å². The van der Waals surface area contributed by atoms with Gasteiger partial charge in [-0.3, -0.25) is 4.79 Å². The fraction of sp³-hybridized carbons (Fsp3) is 0.556. The van der Waals surface area contributed by atoms with Gasteiger partial charge in [-0.2, -0.15) is 0 Å². The summed E-state index contributed by atoms with van der Waals surface area (Å²) in [7, 11) is 1.16. The summed E-state index contributed by atoms with van der Waals surface area (Å²) < 4.78 is 14.1. The molecule has 1 fully saturated rings. The van der Waals surface area contributed by atoms with E-state index in [4.69, 9.17) is 10.1 Å². The zero-order valence-electron chi connectivity index (χ0n) is 9.08. The van der Waals surface area contributed by atoms with E-state index in [9.17, 15) is 14.7 Å². The van der Waals surface area contributed by atoms with E-state index in [1.54, 1.807) is 0 Å². The highest BCUT2D eigenvalue weighted by Crippen LogP contribution is 2.30. The summed E-state index contributed by atoms with van der Waals surface area (Å²) in [4.78, 5) is 25.3. The molecule has 0 radical (unpaired) electrons. The highest BCUT2D eigenvalue weighted by Gasteiger charge is 2.49. The van der Waals surface area contributed by atoms with Gasteiger partial charge >= 0.3 is 18.1 Å². The van der Waals surface area contributed by atoms with Gasteiger partial charge in [-0.05, 0) is 0 Å². The number of rotatable bonds is 4. The minimum atomic E-state index is -1.63. The highest BCUT2D eigenvalue weighted by atomic mass is 16.7. The largest absolute Gasteiger partial charge is 0.505 e. The lowest BCUT2D eigenvalue weighted by molar-refractivity contribution is -0.154. The van der Waals surface area contributed by atoms with Crippen LogP contribution < -0.4 is 0 Å². The van der Waals surface area contributed by atoms with Crippen LogP contribution in [0.5, 0.6) is 0 Å². The van der Waals surface area contributed by atoms with Crippen molar-refractivity contribution < 1.29 is 28.9 Å². The lowest BCUT2D eigenvalue weighted by Gasteiger charge is -2.20. The number of hydrogen-bond acceptors (Lipinski definition) is 7. The van der Waals surface area contributed by atoms with Crippen molar-refractivity contribution in [3.05, 3.63) is 16.9 Å². The van der Waals surface area contributed by atoms with Crippen molar-refractivity contribution in [2.24, 2.45) is 0 Å². The van der Waals surface area contributed by atoms with E-state index in [0.29, 0.717) is 0 Å². The maximum absolute atomic E-state index is 11.5. The Balaban J connectivity index is 2.88. The van der Waals surface area contributed by atoms with Crippen molar-refractivity contribution in [2.75, 3.05) is 13.9 Å². The van der Waals surface area contributed by atoms with Crippen LogP contribution in [-0.2, 0) is 23.8 Å². The molecule has 1 heterocycles. The molecule has 92 valence electrons. The number of nitrogens with zero attached hydrogens (tertiary/aromatic N) is 2. The number of diazo groups is 1. The second kappa shape index (κ2) is 5.27. The lowest BCUT2D eigenvalue weighted by atomic mass is 9.94. The zero-order valence-corrected chi connectivity index (χ0v) is 9.08. The molecule has 1 aliphatic rings. The SMILES string of the molecule is COC(=O)C[C@@]1(C/C(O)=C\[N+]#N)OCOC1=O. The molecule has 8 nitrogen and oxygen atoms in total. The summed E-state index contributed by atoms with van der Waals surface area (Å²) in [6.07, 6.45) is -0.00928. The van der Waals surface area contributed by atoms with Gasteiger partial charge in [-0.1, -0.05) is 0 Å². The predicted molar refractivity (Wildman–Crippen MR) is 51.8 cm³/mol. The summed E-state index contributed by atoms with van der Waals surface area (Å²) in [5.74, 6) is -1.88. The number of carbonyl (C=O) groups excluding carboxylic acids is 2. The molecule has 0 unspecified atom stereocenters. The van der Waals surface area contributed by atoms with Crippen LogP contribution in [0.2, 0.25) is 0 Å². The van der Waals surface area contributed by atoms with Gasteiger partial charge in [-0.25, -0.2) is 4.79 Å². The van der Waals surface area contributed by atoms with Gasteiger partial charge in [-0.15, -0.1) is 0 Å². The second-order valence-electron chi connectivity index (χ2n) is 3.35. The minimum absolute atomic E-state index is 0.306. The Morgan fingerprint density at radius 1 is 1.71 bits per heavy atom. The number of cyclic esters (lactones) is 1. The van der Waals surface area contributed by atoms with Crippen molar-refractivity contribution in [1.29, 1.82) is 5.39 Å². The number of esters is 2. The van der Waals surface area contributed by atoms with Gasteiger partial charge in [0, 0.05) is 0 Å². The van der Waals surface area contributed by atoms with Crippen LogP contribution in [0.15, 0.2) is 12.0 Å². The highest BCUT2D eigenvalue weighted by molar-refractivity contribution is 5.87. The van der Waals surface area contributed by atoms with E-state index >= 15 is 0 Å². The third kappa shape index (κ3) is 2.92. The number of ether oxygens (including phenoxy) is 3. The van der Waals surface area contributed by atoms with Gasteiger partial charge in [0.2, 0.25) is 5.39 Å². The number of methoxy groups -OCH3 is 1. The Morgan fingerprint density at radius 2 is 2.41 bits per heavy atom. The molecule has 0 saturated carbocycles. The first kappa shape index (κ1) is 12.9. The first-order chi connectivity index (χ1) is 8.04. The first-order valence-corrected chi connectivity index (χ1v) is 4.64. The number of carbonyl (C=O) groups is 2. The normalized spacial score (nSPS) is 24.0. The molecule has 0 bridgehead atoms. The molecule has 1 atom stereocenters. The Labute approximate surface area is 96.4 Å². The standard InChI is InChI=1S/C9H10N2O6/c1-15-7(13)3-9(2-6(12)4-11-10)8(14)16-5-17-9/h4H,2-3,5H2,1H3/p+1/b6-4+/t9-/m1/s1. The van der Waals surface area contributed by atoms with Crippen LogP contribution in [0.1, 0.15) is 12.8 Å². The summed E-state index contributed by atoms with van der Waals surface area (Å²) in [6.45, 7) is -0.306. The van der Waals surface area contributed by atoms with Gasteiger partial charge in [0.15, 0.2) is 23.1 Å². The fourth-order valence-electron chi connectivity index (χ4n) is 1.41. The molecule has 8 heteroatoms. The minimum Gasteiger partial charge on any atom is -0.505 e. The third-order valence-electron chi connectivity index (χ3n) is 2.23. The summed E-state index contributed by atoms with van der Waals surface area (Å²) in [5, 5.41) is 17.6. The number of hydrogen-bond donors (Lipinski definition) is 1. The molecular weight excluding hydrogens is 232 g/mol. The molecule has 17 heavy (non-hydrogen) atoms. The first-order valence-electron chi connectivity index (χ1n) is 4.64. The van der Waals surface area contributed by atoms with Crippen molar-refractivity contribution in [3.8, 4) is 0 Å². The summed E-state index contributed by atoms with van der Waals surface area (Å²) >= 11 is 0. The van der Waals surface area contributed by atoms with Crippen molar-refractivity contribution in [3.63, 3.8) is 0 Å². The molecule has 0 amide bonds. The van der Waals surface area contributed by atoms with E-state index in [0.717, 1.165) is 13.3 Å². The van der Waals surface area contributed by atoms with Crippen LogP contribution in [0.25, 0.3) is 4.98 Å². The Morgan fingerprint density at radius 3 is 2.88 bits per heavy atom. The molecule has 0 aromatic carbocycles. The van der Waals surface area contributed by atoms with Gasteiger partial charge in [0.05, 0.1) is 20.0 Å². The second-order valence-corrected chi connectivity index (χ2v) is 3.35. The number of aliphatic hydroxyl groups excluding tert-OH is 1. The predicted octanol–water partition coefficient (Wildman–Crippen LogP) is 0.462. The monoisotopic (exact) mass is 243 g/mol. The van der Waals surface area contributed by atoms with E-state index in [-0.39, 0.29) is 13.2 Å². The Bertz CT molecular complexity index is 399. The van der Waals surface area contributed by atoms with Crippen LogP contribution in [0.3, 0.4) is 0 Å².